The van der Waals surface area contributed by atoms with Crippen LogP contribution in [0, 0.1) is 6.57 Å². The molecule has 3 heterocycles. The number of aromatic nitrogens is 4. The Balaban J connectivity index is 0.978. The maximum Gasteiger partial charge on any atom is 0.187 e. The second-order valence-electron chi connectivity index (χ2n) is 15.7. The van der Waals surface area contributed by atoms with Crippen LogP contribution in [-0.4, -0.2) is 19.9 Å². The predicted octanol–water partition coefficient (Wildman–Crippen LogP) is 15.2. The highest BCUT2D eigenvalue weighted by molar-refractivity contribution is 6.23. The molecule has 0 aliphatic carbocycles. The molecule has 12 aromatic rings. The number of benzene rings is 9. The van der Waals surface area contributed by atoms with E-state index >= 15 is 0 Å². The van der Waals surface area contributed by atoms with E-state index < -0.39 is 0 Å². The summed E-state index contributed by atoms with van der Waals surface area (Å²) in [5.41, 5.74) is 12.4. The molecular weight excluding hydrogens is 771 g/mol. The molecule has 0 aliphatic heterocycles. The van der Waals surface area contributed by atoms with Gasteiger partial charge in [0.05, 0.1) is 12.1 Å². The number of nitrogens with zero attached hydrogens (tertiary/aromatic N) is 5. The Morgan fingerprint density at radius 3 is 1.68 bits per heavy atom. The van der Waals surface area contributed by atoms with Gasteiger partial charge in [0.1, 0.15) is 11.2 Å². The molecule has 0 fully saturated rings. The molecule has 6 heteroatoms. The van der Waals surface area contributed by atoms with Gasteiger partial charge in [0.15, 0.2) is 23.2 Å². The van der Waals surface area contributed by atoms with Crippen molar-refractivity contribution < 1.29 is 4.42 Å². The van der Waals surface area contributed by atoms with Crippen molar-refractivity contribution in [2.45, 2.75) is 0 Å². The molecule has 0 amide bonds. The SMILES string of the molecule is [C-]#[N+]c1ccc(-c2cc3c4cccnc4c(-c4cccc(-c5cccc(-c6nc(-c7ccccc7)nc(-c7ccc8oc9ccccc9c8c7)n6)c5)c4)cc3c3ccccc23)cc1. The van der Waals surface area contributed by atoms with Crippen molar-refractivity contribution in [3.05, 3.63) is 212 Å². The molecule has 6 nitrogen and oxygen atoms in total. The number of rotatable bonds is 6. The number of hydrogen-bond acceptors (Lipinski definition) is 5. The summed E-state index contributed by atoms with van der Waals surface area (Å²) in [6, 6.07) is 66.6. The highest BCUT2D eigenvalue weighted by atomic mass is 16.3. The summed E-state index contributed by atoms with van der Waals surface area (Å²) < 4.78 is 6.14. The van der Waals surface area contributed by atoms with Crippen LogP contribution in [0.3, 0.4) is 0 Å². The lowest BCUT2D eigenvalue weighted by Crippen LogP contribution is -2.00. The Bertz CT molecular complexity index is 3810. The number of hydrogen-bond donors (Lipinski definition) is 0. The van der Waals surface area contributed by atoms with Gasteiger partial charge in [-0.15, -0.1) is 0 Å². The van der Waals surface area contributed by atoms with Crippen LogP contribution in [0.25, 0.3) is 127 Å². The molecule has 0 saturated carbocycles. The fourth-order valence-corrected chi connectivity index (χ4v) is 8.92. The van der Waals surface area contributed by atoms with Gasteiger partial charge in [-0.1, -0.05) is 140 Å². The number of pyridine rings is 1. The highest BCUT2D eigenvalue weighted by Gasteiger charge is 2.18. The third-order valence-electron chi connectivity index (χ3n) is 12.0. The van der Waals surface area contributed by atoms with Crippen molar-refractivity contribution in [1.82, 2.24) is 19.9 Å². The first-order chi connectivity index (χ1) is 31.1. The lowest BCUT2D eigenvalue weighted by atomic mass is 9.88. The van der Waals surface area contributed by atoms with E-state index in [-0.39, 0.29) is 0 Å². The van der Waals surface area contributed by atoms with Gasteiger partial charge in [-0.05, 0) is 104 Å². The summed E-state index contributed by atoms with van der Waals surface area (Å²) >= 11 is 0. The van der Waals surface area contributed by atoms with E-state index in [4.69, 9.17) is 30.9 Å². The Morgan fingerprint density at radius 2 is 0.905 bits per heavy atom. The monoisotopic (exact) mass is 803 g/mol. The molecule has 0 spiro atoms. The van der Waals surface area contributed by atoms with Crippen molar-refractivity contribution in [2.24, 2.45) is 0 Å². The van der Waals surface area contributed by atoms with Crippen molar-refractivity contribution in [2.75, 3.05) is 0 Å². The first-order valence-electron chi connectivity index (χ1n) is 20.8. The van der Waals surface area contributed by atoms with E-state index in [2.05, 4.69) is 108 Å². The Morgan fingerprint density at radius 1 is 0.349 bits per heavy atom. The van der Waals surface area contributed by atoms with Gasteiger partial charge in [0.2, 0.25) is 0 Å². The van der Waals surface area contributed by atoms with Crippen molar-refractivity contribution >= 4 is 60.1 Å². The van der Waals surface area contributed by atoms with Crippen molar-refractivity contribution in [3.63, 3.8) is 0 Å². The van der Waals surface area contributed by atoms with Gasteiger partial charge < -0.3 is 4.42 Å². The lowest BCUT2D eigenvalue weighted by molar-refractivity contribution is 0.669. The summed E-state index contributed by atoms with van der Waals surface area (Å²) in [7, 11) is 0. The molecule has 0 aliphatic rings. The van der Waals surface area contributed by atoms with Gasteiger partial charge in [-0.2, -0.15) is 0 Å². The molecule has 0 unspecified atom stereocenters. The fourth-order valence-electron chi connectivity index (χ4n) is 8.92. The van der Waals surface area contributed by atoms with E-state index in [1.54, 1.807) is 0 Å². The third-order valence-corrected chi connectivity index (χ3v) is 12.0. The van der Waals surface area contributed by atoms with Crippen LogP contribution in [0.4, 0.5) is 5.69 Å². The second kappa shape index (κ2) is 14.7. The maximum absolute atomic E-state index is 7.46. The fraction of sp³-hybridized carbons (Fsp3) is 0. The quantitative estimate of drug-likeness (QED) is 0.124. The second-order valence-corrected chi connectivity index (χ2v) is 15.7. The van der Waals surface area contributed by atoms with Crippen LogP contribution >= 0.6 is 0 Å². The summed E-state index contributed by atoms with van der Waals surface area (Å²) in [5, 5.41) is 7.78. The topological polar surface area (TPSA) is 69.1 Å². The van der Waals surface area contributed by atoms with Gasteiger partial charge in [-0.25, -0.2) is 19.8 Å². The maximum atomic E-state index is 7.46. The Labute approximate surface area is 362 Å². The van der Waals surface area contributed by atoms with E-state index in [0.29, 0.717) is 23.2 Å². The molecule has 292 valence electrons. The molecule has 0 radical (unpaired) electrons. The van der Waals surface area contributed by atoms with Gasteiger partial charge in [0.25, 0.3) is 0 Å². The molecule has 12 rings (SSSR count). The number of para-hydroxylation sites is 1. The average molecular weight is 804 g/mol. The van der Waals surface area contributed by atoms with Crippen molar-refractivity contribution in [1.29, 1.82) is 0 Å². The highest BCUT2D eigenvalue weighted by Crippen LogP contribution is 2.42. The smallest absolute Gasteiger partial charge is 0.187 e. The third kappa shape index (κ3) is 6.27. The van der Waals surface area contributed by atoms with Crippen LogP contribution in [0.1, 0.15) is 0 Å². The van der Waals surface area contributed by atoms with Crippen LogP contribution < -0.4 is 0 Å². The lowest BCUT2D eigenvalue weighted by Gasteiger charge is -2.16. The summed E-state index contributed by atoms with van der Waals surface area (Å²) in [5.74, 6) is 1.78. The van der Waals surface area contributed by atoms with Crippen LogP contribution in [0.15, 0.2) is 205 Å². The van der Waals surface area contributed by atoms with Crippen LogP contribution in [-0.2, 0) is 0 Å². The predicted molar refractivity (Wildman–Crippen MR) is 256 cm³/mol. The normalized spacial score (nSPS) is 11.5. The molecule has 0 bridgehead atoms. The molecule has 3 aromatic heterocycles. The molecule has 9 aromatic carbocycles. The number of fused-ring (bicyclic) bond motifs is 8. The minimum absolute atomic E-state index is 0.590. The summed E-state index contributed by atoms with van der Waals surface area (Å²) in [4.78, 5) is 23.8. The minimum Gasteiger partial charge on any atom is -0.456 e. The van der Waals surface area contributed by atoms with Crippen molar-refractivity contribution in [3.8, 4) is 67.5 Å². The summed E-state index contributed by atoms with van der Waals surface area (Å²) in [6.45, 7) is 7.46. The molecule has 0 saturated heterocycles. The largest absolute Gasteiger partial charge is 0.456 e. The minimum atomic E-state index is 0.590. The van der Waals surface area contributed by atoms with Gasteiger partial charge in [-0.3, -0.25) is 4.98 Å². The zero-order valence-electron chi connectivity index (χ0n) is 33.7. The first-order valence-corrected chi connectivity index (χ1v) is 20.8. The van der Waals surface area contributed by atoms with Gasteiger partial charge >= 0.3 is 0 Å². The molecule has 0 atom stereocenters. The summed E-state index contributed by atoms with van der Waals surface area (Å²) in [6.07, 6.45) is 1.87. The Hall–Kier alpha value is -8.79. The molecule has 0 N–H and O–H groups in total. The zero-order valence-corrected chi connectivity index (χ0v) is 33.7. The van der Waals surface area contributed by atoms with E-state index in [0.717, 1.165) is 99.1 Å². The Kier molecular flexibility index (Phi) is 8.44. The molecular formula is C57H33N5O. The zero-order chi connectivity index (χ0) is 41.9. The van der Waals surface area contributed by atoms with Gasteiger partial charge in [0, 0.05) is 44.6 Å². The average Bonchev–Trinajstić information content (AvgIpc) is 3.74. The number of furan rings is 1. The molecule has 63 heavy (non-hydrogen) atoms. The van der Waals surface area contributed by atoms with E-state index in [1.165, 1.54) is 5.39 Å². The first kappa shape index (κ1) is 36.1. The van der Waals surface area contributed by atoms with Crippen LogP contribution in [0.2, 0.25) is 0 Å². The van der Waals surface area contributed by atoms with E-state index in [1.807, 2.05) is 97.2 Å². The van der Waals surface area contributed by atoms with Crippen LogP contribution in [0.5, 0.6) is 0 Å². The van der Waals surface area contributed by atoms with E-state index in [9.17, 15) is 0 Å². The standard InChI is InChI=1S/C57H33N5O/c1-58-42-26-23-35(24-27-42)47-33-50-46-21-11-29-59-54(46)48(34-49(50)44-19-6-5-18-43(44)47)39-16-9-14-37(30-39)38-15-10-17-40(31-38)56-60-55(36-12-3-2-4-13-36)61-57(62-56)41-25-28-53-51(32-41)45-20-7-8-22-52(45)63-53/h2-34H.